The van der Waals surface area contributed by atoms with Gasteiger partial charge in [0.1, 0.15) is 11.5 Å². The molecule has 0 aliphatic carbocycles. The van der Waals surface area contributed by atoms with Gasteiger partial charge in [-0.3, -0.25) is 0 Å². The number of alkyl halides is 1. The van der Waals surface area contributed by atoms with Gasteiger partial charge >= 0.3 is 0 Å². The van der Waals surface area contributed by atoms with Crippen molar-refractivity contribution in [2.75, 3.05) is 11.9 Å². The molecule has 0 fully saturated rings. The Morgan fingerprint density at radius 2 is 1.87 bits per heavy atom. The third-order valence-corrected chi connectivity index (χ3v) is 5.23. The highest BCUT2D eigenvalue weighted by atomic mass is 19.1. The number of nitrogens with zero attached hydrogens (tertiary/aromatic N) is 1. The maximum atomic E-state index is 14.5. The number of aromatic nitrogens is 1. The molecule has 0 bridgehead atoms. The summed E-state index contributed by atoms with van der Waals surface area (Å²) in [7, 11) is 0. The number of aryl methyl sites for hydroxylation is 2. The van der Waals surface area contributed by atoms with E-state index in [0.29, 0.717) is 5.56 Å². The lowest BCUT2D eigenvalue weighted by Gasteiger charge is -2.18. The Balaban J connectivity index is 2.17. The minimum Gasteiger partial charge on any atom is -0.370 e. The standard InChI is InChI=1S/C27H35FN2/c1-7-11-22(8-2)12-9-10-15-29-26-24(18-25(19-30-26)27(5,6)28)17-23-14-13-20(3)21(4)16-23/h7-9,11-14,16,18-19H,10,15,17H2,1-6H3,(H,29,30)/b11-7+,12-9-,22-8-. The highest BCUT2D eigenvalue weighted by Gasteiger charge is 2.21. The van der Waals surface area contributed by atoms with Crippen molar-refractivity contribution < 1.29 is 4.39 Å². The zero-order valence-electron chi connectivity index (χ0n) is 19.2. The van der Waals surface area contributed by atoms with Crippen LogP contribution in [0, 0.1) is 13.8 Å². The maximum Gasteiger partial charge on any atom is 0.131 e. The molecule has 2 aromatic rings. The molecular weight excluding hydrogens is 371 g/mol. The second kappa shape index (κ2) is 10.9. The van der Waals surface area contributed by atoms with Crippen LogP contribution in [0.2, 0.25) is 0 Å². The van der Waals surface area contributed by atoms with E-state index >= 15 is 0 Å². The van der Waals surface area contributed by atoms with Gasteiger partial charge in [0, 0.05) is 24.7 Å². The number of rotatable bonds is 9. The highest BCUT2D eigenvalue weighted by Crippen LogP contribution is 2.28. The molecule has 0 radical (unpaired) electrons. The Bertz CT molecular complexity index is 930. The van der Waals surface area contributed by atoms with E-state index in [2.05, 4.69) is 66.7 Å². The zero-order valence-corrected chi connectivity index (χ0v) is 19.2. The van der Waals surface area contributed by atoms with Crippen molar-refractivity contribution in [1.82, 2.24) is 4.98 Å². The number of nitrogens with one attached hydrogen (secondary N) is 1. The maximum absolute atomic E-state index is 14.5. The van der Waals surface area contributed by atoms with Gasteiger partial charge in [-0.2, -0.15) is 0 Å². The van der Waals surface area contributed by atoms with Crippen LogP contribution in [0.4, 0.5) is 10.2 Å². The van der Waals surface area contributed by atoms with Crippen molar-refractivity contribution in [1.29, 1.82) is 0 Å². The van der Waals surface area contributed by atoms with Crippen molar-refractivity contribution in [3.05, 3.63) is 94.2 Å². The summed E-state index contributed by atoms with van der Waals surface area (Å²) < 4.78 is 14.5. The first kappa shape index (κ1) is 23.6. The molecule has 3 heteroatoms. The summed E-state index contributed by atoms with van der Waals surface area (Å²) in [5.41, 5.74) is 5.16. The van der Waals surface area contributed by atoms with E-state index in [-0.39, 0.29) is 0 Å². The van der Waals surface area contributed by atoms with Crippen LogP contribution in [-0.4, -0.2) is 11.5 Å². The molecule has 1 heterocycles. The fourth-order valence-corrected chi connectivity index (χ4v) is 3.20. The molecule has 0 aliphatic heterocycles. The molecule has 0 aliphatic rings. The Morgan fingerprint density at radius 1 is 1.10 bits per heavy atom. The zero-order chi connectivity index (χ0) is 22.1. The molecule has 1 N–H and O–H groups in total. The second-order valence-corrected chi connectivity index (χ2v) is 8.21. The minimum absolute atomic E-state index is 0.607. The van der Waals surface area contributed by atoms with Crippen LogP contribution in [0.3, 0.4) is 0 Å². The Hall–Kier alpha value is -2.68. The highest BCUT2D eigenvalue weighted by molar-refractivity contribution is 5.49. The van der Waals surface area contributed by atoms with Gasteiger partial charge in [0.05, 0.1) is 0 Å². The minimum atomic E-state index is -1.41. The molecule has 1 aromatic heterocycles. The van der Waals surface area contributed by atoms with Gasteiger partial charge in [0.15, 0.2) is 0 Å². The molecule has 0 saturated heterocycles. The first-order valence-corrected chi connectivity index (χ1v) is 10.7. The molecule has 0 spiro atoms. The van der Waals surface area contributed by atoms with E-state index in [1.807, 2.05) is 26.0 Å². The van der Waals surface area contributed by atoms with Gasteiger partial charge < -0.3 is 5.32 Å². The van der Waals surface area contributed by atoms with Crippen LogP contribution in [0.15, 0.2) is 66.4 Å². The van der Waals surface area contributed by atoms with Crippen molar-refractivity contribution in [3.8, 4) is 0 Å². The van der Waals surface area contributed by atoms with Gasteiger partial charge in [-0.15, -0.1) is 0 Å². The fraction of sp³-hybridized carbons (Fsp3) is 0.370. The molecule has 30 heavy (non-hydrogen) atoms. The third-order valence-electron chi connectivity index (χ3n) is 5.23. The van der Waals surface area contributed by atoms with Gasteiger partial charge in [-0.1, -0.05) is 48.6 Å². The summed E-state index contributed by atoms with van der Waals surface area (Å²) in [4.78, 5) is 4.56. The summed E-state index contributed by atoms with van der Waals surface area (Å²) in [5, 5.41) is 3.44. The monoisotopic (exact) mass is 406 g/mol. The van der Waals surface area contributed by atoms with Crippen LogP contribution in [0.5, 0.6) is 0 Å². The number of hydrogen-bond donors (Lipinski definition) is 1. The van der Waals surface area contributed by atoms with Crippen LogP contribution < -0.4 is 5.32 Å². The largest absolute Gasteiger partial charge is 0.370 e. The molecule has 160 valence electrons. The lowest BCUT2D eigenvalue weighted by Crippen LogP contribution is -2.13. The number of halogens is 1. The summed E-state index contributed by atoms with van der Waals surface area (Å²) in [5.74, 6) is 0.828. The van der Waals surface area contributed by atoms with Crippen molar-refractivity contribution in [3.63, 3.8) is 0 Å². The van der Waals surface area contributed by atoms with Gasteiger partial charge in [-0.25, -0.2) is 9.37 Å². The van der Waals surface area contributed by atoms with Crippen molar-refractivity contribution in [2.45, 2.75) is 60.1 Å². The number of anilines is 1. The van der Waals surface area contributed by atoms with E-state index < -0.39 is 5.67 Å². The van der Waals surface area contributed by atoms with E-state index in [4.69, 9.17) is 0 Å². The number of benzene rings is 1. The van der Waals surface area contributed by atoms with Crippen LogP contribution in [-0.2, 0) is 12.1 Å². The average Bonchev–Trinajstić information content (AvgIpc) is 2.69. The van der Waals surface area contributed by atoms with E-state index in [1.165, 1.54) is 22.3 Å². The predicted octanol–water partition coefficient (Wildman–Crippen LogP) is 7.37. The number of hydrogen-bond acceptors (Lipinski definition) is 2. The second-order valence-electron chi connectivity index (χ2n) is 8.21. The topological polar surface area (TPSA) is 24.9 Å². The average molecular weight is 407 g/mol. The summed E-state index contributed by atoms with van der Waals surface area (Å²) in [6.45, 7) is 12.2. The van der Waals surface area contributed by atoms with E-state index in [9.17, 15) is 4.39 Å². The first-order chi connectivity index (χ1) is 14.2. The van der Waals surface area contributed by atoms with Gasteiger partial charge in [0.2, 0.25) is 0 Å². The van der Waals surface area contributed by atoms with Gasteiger partial charge in [-0.05, 0) is 81.9 Å². The third kappa shape index (κ3) is 6.98. The van der Waals surface area contributed by atoms with E-state index in [1.54, 1.807) is 20.0 Å². The Kier molecular flexibility index (Phi) is 8.58. The number of allylic oxidation sites excluding steroid dienone is 5. The molecule has 2 nitrogen and oxygen atoms in total. The molecular formula is C27H35FN2. The number of pyridine rings is 1. The lowest BCUT2D eigenvalue weighted by molar-refractivity contribution is 0.221. The molecule has 0 unspecified atom stereocenters. The first-order valence-electron chi connectivity index (χ1n) is 10.7. The van der Waals surface area contributed by atoms with E-state index in [0.717, 1.165) is 30.8 Å². The molecule has 2 rings (SSSR count). The molecule has 0 amide bonds. The fourth-order valence-electron chi connectivity index (χ4n) is 3.20. The molecule has 1 aromatic carbocycles. The van der Waals surface area contributed by atoms with Crippen molar-refractivity contribution >= 4 is 5.82 Å². The summed E-state index contributed by atoms with van der Waals surface area (Å²) in [6, 6.07) is 8.43. The summed E-state index contributed by atoms with van der Waals surface area (Å²) in [6.07, 6.45) is 13.7. The smallest absolute Gasteiger partial charge is 0.131 e. The van der Waals surface area contributed by atoms with Crippen LogP contribution >= 0.6 is 0 Å². The Morgan fingerprint density at radius 3 is 2.50 bits per heavy atom. The lowest BCUT2D eigenvalue weighted by atomic mass is 9.96. The van der Waals surface area contributed by atoms with Crippen LogP contribution in [0.1, 0.15) is 61.9 Å². The normalized spacial score (nSPS) is 12.8. The molecule has 0 atom stereocenters. The molecule has 0 saturated carbocycles. The Labute approximate surface area is 181 Å². The van der Waals surface area contributed by atoms with Crippen LogP contribution in [0.25, 0.3) is 0 Å². The van der Waals surface area contributed by atoms with Crippen molar-refractivity contribution in [2.24, 2.45) is 0 Å². The SMILES string of the molecule is C/C=C(\C=C/CCNc1ncc(C(C)(C)F)cc1Cc1ccc(C)c(C)c1)/C=C/C. The predicted molar refractivity (Wildman–Crippen MR) is 128 cm³/mol. The quantitative estimate of drug-likeness (QED) is 0.347. The van der Waals surface area contributed by atoms with Gasteiger partial charge in [0.25, 0.3) is 0 Å². The summed E-state index contributed by atoms with van der Waals surface area (Å²) >= 11 is 0.